The van der Waals surface area contributed by atoms with E-state index in [1.807, 2.05) is 20.0 Å². The third-order valence-corrected chi connectivity index (χ3v) is 2.43. The molecule has 0 amide bonds. The smallest absolute Gasteiger partial charge is 0.140 e. The molecule has 92 valence electrons. The van der Waals surface area contributed by atoms with Gasteiger partial charge in [-0.05, 0) is 31.7 Å². The molecule has 0 aromatic heterocycles. The molecular formula is C13H17FN2O. The Bertz CT molecular complexity index is 401. The van der Waals surface area contributed by atoms with Crippen LogP contribution in [0.5, 0.6) is 0 Å². The lowest BCUT2D eigenvalue weighted by molar-refractivity contribution is 0.120. The minimum atomic E-state index is -0.465. The predicted molar refractivity (Wildman–Crippen MR) is 63.9 cm³/mol. The Labute approximate surface area is 101 Å². The molecule has 0 aliphatic carbocycles. The van der Waals surface area contributed by atoms with Gasteiger partial charge < -0.3 is 4.74 Å². The summed E-state index contributed by atoms with van der Waals surface area (Å²) in [6, 6.07) is 6.47. The maximum absolute atomic E-state index is 13.1. The Morgan fingerprint density at radius 2 is 2.24 bits per heavy atom. The number of likely N-dealkylation sites (N-methyl/N-ethyl adjacent to an activating group) is 1. The van der Waals surface area contributed by atoms with E-state index in [0.717, 1.165) is 12.1 Å². The number of rotatable bonds is 6. The fraction of sp³-hybridized carbons (Fsp3) is 0.462. The van der Waals surface area contributed by atoms with Crippen molar-refractivity contribution in [2.45, 2.75) is 13.5 Å². The van der Waals surface area contributed by atoms with Gasteiger partial charge in [0.15, 0.2) is 0 Å². The second kappa shape index (κ2) is 7.00. The molecule has 0 heterocycles. The third kappa shape index (κ3) is 4.51. The van der Waals surface area contributed by atoms with Gasteiger partial charge in [-0.25, -0.2) is 4.39 Å². The summed E-state index contributed by atoms with van der Waals surface area (Å²) in [7, 11) is 1.97. The van der Waals surface area contributed by atoms with Crippen LogP contribution in [0.15, 0.2) is 18.2 Å². The summed E-state index contributed by atoms with van der Waals surface area (Å²) < 4.78 is 18.4. The van der Waals surface area contributed by atoms with Gasteiger partial charge in [0.1, 0.15) is 11.9 Å². The first-order valence-corrected chi connectivity index (χ1v) is 5.62. The van der Waals surface area contributed by atoms with Crippen LogP contribution in [0.25, 0.3) is 0 Å². The Morgan fingerprint density at radius 1 is 1.47 bits per heavy atom. The monoisotopic (exact) mass is 236 g/mol. The molecular weight excluding hydrogens is 219 g/mol. The molecule has 0 aliphatic rings. The summed E-state index contributed by atoms with van der Waals surface area (Å²) in [5.41, 5.74) is 1.03. The molecule has 0 unspecified atom stereocenters. The van der Waals surface area contributed by atoms with Crippen molar-refractivity contribution < 1.29 is 9.13 Å². The number of hydrogen-bond acceptors (Lipinski definition) is 3. The van der Waals surface area contributed by atoms with E-state index in [1.165, 1.54) is 6.07 Å². The lowest BCUT2D eigenvalue weighted by Crippen LogP contribution is -2.22. The molecule has 4 heteroatoms. The first-order chi connectivity index (χ1) is 8.17. The van der Waals surface area contributed by atoms with Crippen LogP contribution < -0.4 is 0 Å². The van der Waals surface area contributed by atoms with Crippen molar-refractivity contribution >= 4 is 0 Å². The largest absolute Gasteiger partial charge is 0.380 e. The molecule has 0 radical (unpaired) electrons. The first-order valence-electron chi connectivity index (χ1n) is 5.62. The highest BCUT2D eigenvalue weighted by molar-refractivity contribution is 5.34. The van der Waals surface area contributed by atoms with Crippen LogP contribution in [0, 0.1) is 17.1 Å². The average Bonchev–Trinajstić information content (AvgIpc) is 2.32. The first kappa shape index (κ1) is 13.6. The number of hydrogen-bond donors (Lipinski definition) is 0. The third-order valence-electron chi connectivity index (χ3n) is 2.43. The van der Waals surface area contributed by atoms with Crippen LogP contribution in [0.3, 0.4) is 0 Å². The van der Waals surface area contributed by atoms with Gasteiger partial charge in [-0.3, -0.25) is 4.90 Å². The lowest BCUT2D eigenvalue weighted by atomic mass is 10.1. The highest BCUT2D eigenvalue weighted by atomic mass is 19.1. The van der Waals surface area contributed by atoms with Crippen LogP contribution >= 0.6 is 0 Å². The quantitative estimate of drug-likeness (QED) is 0.710. The fourth-order valence-electron chi connectivity index (χ4n) is 1.51. The van der Waals surface area contributed by atoms with Crippen LogP contribution in [0.2, 0.25) is 0 Å². The molecule has 1 aromatic carbocycles. The molecule has 0 N–H and O–H groups in total. The predicted octanol–water partition coefficient (Wildman–Crippen LogP) is 2.17. The van der Waals surface area contributed by atoms with Gasteiger partial charge in [0.05, 0.1) is 12.2 Å². The minimum absolute atomic E-state index is 0.0979. The van der Waals surface area contributed by atoms with Crippen molar-refractivity contribution in [3.63, 3.8) is 0 Å². The highest BCUT2D eigenvalue weighted by Crippen LogP contribution is 2.11. The standard InChI is InChI=1S/C13H17FN2O/c1-3-17-7-6-16(2)10-11-4-5-13(14)12(8-11)9-15/h4-5,8H,3,6-7,10H2,1-2H3. The number of ether oxygens (including phenoxy) is 1. The molecule has 0 atom stereocenters. The topological polar surface area (TPSA) is 36.3 Å². The van der Waals surface area contributed by atoms with Crippen molar-refractivity contribution in [3.05, 3.63) is 35.1 Å². The van der Waals surface area contributed by atoms with Crippen molar-refractivity contribution in [1.82, 2.24) is 4.90 Å². The lowest BCUT2D eigenvalue weighted by Gasteiger charge is -2.16. The van der Waals surface area contributed by atoms with Crippen LogP contribution in [-0.4, -0.2) is 31.7 Å². The van der Waals surface area contributed by atoms with Gasteiger partial charge in [-0.1, -0.05) is 6.07 Å². The molecule has 1 aromatic rings. The second-order valence-electron chi connectivity index (χ2n) is 3.86. The van der Waals surface area contributed by atoms with E-state index in [-0.39, 0.29) is 5.56 Å². The molecule has 0 saturated heterocycles. The van der Waals surface area contributed by atoms with Crippen molar-refractivity contribution in [3.8, 4) is 6.07 Å². The molecule has 0 saturated carbocycles. The fourth-order valence-corrected chi connectivity index (χ4v) is 1.51. The zero-order valence-corrected chi connectivity index (χ0v) is 10.2. The summed E-state index contributed by atoms with van der Waals surface area (Å²) in [5, 5.41) is 8.73. The zero-order valence-electron chi connectivity index (χ0n) is 10.2. The van der Waals surface area contributed by atoms with Crippen LogP contribution in [-0.2, 0) is 11.3 Å². The SMILES string of the molecule is CCOCCN(C)Cc1ccc(F)c(C#N)c1. The Balaban J connectivity index is 2.54. The Hall–Kier alpha value is -1.44. The summed E-state index contributed by atoms with van der Waals surface area (Å²) in [5.74, 6) is -0.465. The van der Waals surface area contributed by atoms with E-state index < -0.39 is 5.82 Å². The van der Waals surface area contributed by atoms with Gasteiger partial charge in [0.2, 0.25) is 0 Å². The Kier molecular flexibility index (Phi) is 5.61. The number of nitriles is 1. The molecule has 0 aliphatic heterocycles. The van der Waals surface area contributed by atoms with E-state index in [1.54, 1.807) is 12.1 Å². The average molecular weight is 236 g/mol. The summed E-state index contributed by atoms with van der Waals surface area (Å²) >= 11 is 0. The number of halogens is 1. The highest BCUT2D eigenvalue weighted by Gasteiger charge is 2.05. The van der Waals surface area contributed by atoms with Gasteiger partial charge in [-0.2, -0.15) is 5.26 Å². The van der Waals surface area contributed by atoms with Crippen molar-refractivity contribution in [2.75, 3.05) is 26.8 Å². The zero-order chi connectivity index (χ0) is 12.7. The van der Waals surface area contributed by atoms with Crippen molar-refractivity contribution in [2.24, 2.45) is 0 Å². The Morgan fingerprint density at radius 3 is 2.88 bits per heavy atom. The van der Waals surface area contributed by atoms with E-state index >= 15 is 0 Å². The van der Waals surface area contributed by atoms with E-state index in [4.69, 9.17) is 10.00 Å². The van der Waals surface area contributed by atoms with E-state index in [0.29, 0.717) is 19.8 Å². The molecule has 1 rings (SSSR count). The maximum atomic E-state index is 13.1. The number of benzene rings is 1. The van der Waals surface area contributed by atoms with Crippen LogP contribution in [0.4, 0.5) is 4.39 Å². The molecule has 0 bridgehead atoms. The van der Waals surface area contributed by atoms with Gasteiger partial charge in [0.25, 0.3) is 0 Å². The second-order valence-corrected chi connectivity index (χ2v) is 3.86. The minimum Gasteiger partial charge on any atom is -0.380 e. The number of nitrogens with zero attached hydrogens (tertiary/aromatic N) is 2. The van der Waals surface area contributed by atoms with Gasteiger partial charge in [0, 0.05) is 19.7 Å². The van der Waals surface area contributed by atoms with Crippen molar-refractivity contribution in [1.29, 1.82) is 5.26 Å². The summed E-state index contributed by atoms with van der Waals surface area (Å²) in [4.78, 5) is 2.07. The van der Waals surface area contributed by atoms with Gasteiger partial charge >= 0.3 is 0 Å². The normalized spacial score (nSPS) is 10.5. The summed E-state index contributed by atoms with van der Waals surface area (Å²) in [6.07, 6.45) is 0. The maximum Gasteiger partial charge on any atom is 0.140 e. The summed E-state index contributed by atoms with van der Waals surface area (Å²) in [6.45, 7) is 4.84. The van der Waals surface area contributed by atoms with E-state index in [2.05, 4.69) is 4.90 Å². The van der Waals surface area contributed by atoms with Gasteiger partial charge in [-0.15, -0.1) is 0 Å². The molecule has 0 spiro atoms. The van der Waals surface area contributed by atoms with Crippen LogP contribution in [0.1, 0.15) is 18.1 Å². The van der Waals surface area contributed by atoms with E-state index in [9.17, 15) is 4.39 Å². The molecule has 0 fully saturated rings. The molecule has 17 heavy (non-hydrogen) atoms. The molecule has 3 nitrogen and oxygen atoms in total.